The van der Waals surface area contributed by atoms with E-state index in [9.17, 15) is 9.59 Å². The van der Waals surface area contributed by atoms with Gasteiger partial charge in [0.2, 0.25) is 0 Å². The number of ether oxygens (including phenoxy) is 1. The van der Waals surface area contributed by atoms with Gasteiger partial charge >= 0.3 is 5.97 Å². The maximum Gasteiger partial charge on any atom is 0.322 e. The Morgan fingerprint density at radius 3 is 2.75 bits per heavy atom. The fourth-order valence-corrected chi connectivity index (χ4v) is 1.27. The third-order valence-corrected chi connectivity index (χ3v) is 2.04. The highest BCUT2D eigenvalue weighted by atomic mass is 35.5. The lowest BCUT2D eigenvalue weighted by molar-refractivity contribution is -0.135. The second-order valence-corrected chi connectivity index (χ2v) is 3.36. The van der Waals surface area contributed by atoms with Crippen LogP contribution in [0.5, 0.6) is 5.75 Å². The van der Waals surface area contributed by atoms with Gasteiger partial charge < -0.3 is 15.2 Å². The van der Waals surface area contributed by atoms with Crippen molar-refractivity contribution in [3.8, 4) is 5.75 Å². The van der Waals surface area contributed by atoms with Crippen LogP contribution in [0, 0.1) is 0 Å². The van der Waals surface area contributed by atoms with Crippen LogP contribution in [-0.2, 0) is 4.79 Å². The molecule has 2 N–H and O–H groups in total. The standard InChI is InChI=1S/C10H10ClNO4/c1-16-8-4-6(11)2-3-7(8)10(15)12-5-9(13)14/h2-4H,5H2,1H3,(H,12,15)(H,13,14). The Bertz CT molecular complexity index is 419. The SMILES string of the molecule is COc1cc(Cl)ccc1C(=O)NCC(=O)O. The van der Waals surface area contributed by atoms with Crippen LogP contribution in [0.25, 0.3) is 0 Å². The van der Waals surface area contributed by atoms with Gasteiger partial charge in [0.25, 0.3) is 5.91 Å². The zero-order valence-corrected chi connectivity index (χ0v) is 9.25. The molecule has 1 aromatic carbocycles. The van der Waals surface area contributed by atoms with Gasteiger partial charge in [0.15, 0.2) is 0 Å². The molecule has 0 saturated carbocycles. The van der Waals surface area contributed by atoms with Crippen molar-refractivity contribution >= 4 is 23.5 Å². The second-order valence-electron chi connectivity index (χ2n) is 2.92. The van der Waals surface area contributed by atoms with Crippen LogP contribution in [0.2, 0.25) is 5.02 Å². The zero-order chi connectivity index (χ0) is 12.1. The minimum atomic E-state index is -1.11. The molecule has 0 spiro atoms. The quantitative estimate of drug-likeness (QED) is 0.832. The fourth-order valence-electron chi connectivity index (χ4n) is 1.10. The third-order valence-electron chi connectivity index (χ3n) is 1.81. The first-order valence-corrected chi connectivity index (χ1v) is 4.76. The van der Waals surface area contributed by atoms with Crippen molar-refractivity contribution in [1.29, 1.82) is 0 Å². The first-order valence-electron chi connectivity index (χ1n) is 4.38. The number of methoxy groups -OCH3 is 1. The predicted octanol–water partition coefficient (Wildman–Crippen LogP) is 1.16. The van der Waals surface area contributed by atoms with Gasteiger partial charge in [0, 0.05) is 5.02 Å². The highest BCUT2D eigenvalue weighted by molar-refractivity contribution is 6.30. The summed E-state index contributed by atoms with van der Waals surface area (Å²) >= 11 is 5.72. The monoisotopic (exact) mass is 243 g/mol. The van der Waals surface area contributed by atoms with E-state index >= 15 is 0 Å². The van der Waals surface area contributed by atoms with Crippen molar-refractivity contribution in [2.75, 3.05) is 13.7 Å². The summed E-state index contributed by atoms with van der Waals surface area (Å²) in [5.74, 6) is -1.33. The second kappa shape index (κ2) is 5.37. The lowest BCUT2D eigenvalue weighted by Crippen LogP contribution is -2.29. The Hall–Kier alpha value is -1.75. The van der Waals surface area contributed by atoms with Gasteiger partial charge in [-0.15, -0.1) is 0 Å². The number of hydrogen-bond acceptors (Lipinski definition) is 3. The molecule has 0 aliphatic carbocycles. The molecule has 0 saturated heterocycles. The maximum absolute atomic E-state index is 11.5. The number of benzene rings is 1. The lowest BCUT2D eigenvalue weighted by atomic mass is 10.2. The van der Waals surface area contributed by atoms with E-state index in [2.05, 4.69) is 5.32 Å². The van der Waals surface area contributed by atoms with Crippen LogP contribution in [0.3, 0.4) is 0 Å². The Morgan fingerprint density at radius 1 is 1.50 bits per heavy atom. The van der Waals surface area contributed by atoms with E-state index in [0.717, 1.165) is 0 Å². The summed E-state index contributed by atoms with van der Waals surface area (Å²) in [7, 11) is 1.40. The zero-order valence-electron chi connectivity index (χ0n) is 8.49. The van der Waals surface area contributed by atoms with Gasteiger partial charge in [-0.1, -0.05) is 11.6 Å². The van der Waals surface area contributed by atoms with Gasteiger partial charge in [-0.2, -0.15) is 0 Å². The maximum atomic E-state index is 11.5. The van der Waals surface area contributed by atoms with E-state index in [-0.39, 0.29) is 5.56 Å². The summed E-state index contributed by atoms with van der Waals surface area (Å²) in [5.41, 5.74) is 0.244. The van der Waals surface area contributed by atoms with Gasteiger partial charge in [0.1, 0.15) is 12.3 Å². The molecule has 0 radical (unpaired) electrons. The summed E-state index contributed by atoms with van der Waals surface area (Å²) in [4.78, 5) is 21.8. The summed E-state index contributed by atoms with van der Waals surface area (Å²) in [6.07, 6.45) is 0. The summed E-state index contributed by atoms with van der Waals surface area (Å²) in [5, 5.41) is 11.1. The average molecular weight is 244 g/mol. The minimum absolute atomic E-state index is 0.244. The lowest BCUT2D eigenvalue weighted by Gasteiger charge is -2.08. The molecule has 0 aliphatic heterocycles. The predicted molar refractivity (Wildman–Crippen MR) is 58.0 cm³/mol. The fraction of sp³-hybridized carbons (Fsp3) is 0.200. The summed E-state index contributed by atoms with van der Waals surface area (Å²) < 4.78 is 4.96. The molecule has 1 rings (SSSR count). The molecule has 0 unspecified atom stereocenters. The Balaban J connectivity index is 2.86. The Morgan fingerprint density at radius 2 is 2.19 bits per heavy atom. The Labute approximate surface area is 97.0 Å². The molecule has 0 aromatic heterocycles. The minimum Gasteiger partial charge on any atom is -0.496 e. The summed E-state index contributed by atoms with van der Waals surface area (Å²) in [6, 6.07) is 4.48. The van der Waals surface area contributed by atoms with E-state index in [0.29, 0.717) is 10.8 Å². The van der Waals surface area contributed by atoms with Crippen LogP contribution in [0.4, 0.5) is 0 Å². The van der Waals surface area contributed by atoms with Crippen molar-refractivity contribution in [2.24, 2.45) is 0 Å². The van der Waals surface area contributed by atoms with Gasteiger partial charge in [0.05, 0.1) is 12.7 Å². The van der Waals surface area contributed by atoms with E-state index in [1.807, 2.05) is 0 Å². The third kappa shape index (κ3) is 3.13. The van der Waals surface area contributed by atoms with Crippen LogP contribution in [0.15, 0.2) is 18.2 Å². The van der Waals surface area contributed by atoms with Crippen LogP contribution in [0.1, 0.15) is 10.4 Å². The number of aliphatic carboxylic acids is 1. The number of carboxylic acid groups (broad SMARTS) is 1. The van der Waals surface area contributed by atoms with Crippen LogP contribution >= 0.6 is 11.6 Å². The number of nitrogens with one attached hydrogen (secondary N) is 1. The molecule has 0 bridgehead atoms. The van der Waals surface area contributed by atoms with E-state index in [4.69, 9.17) is 21.4 Å². The highest BCUT2D eigenvalue weighted by Crippen LogP contribution is 2.22. The number of carbonyl (C=O) groups is 2. The van der Waals surface area contributed by atoms with Crippen LogP contribution in [-0.4, -0.2) is 30.6 Å². The first kappa shape index (κ1) is 12.3. The first-order chi connectivity index (χ1) is 7.54. The van der Waals surface area contributed by atoms with Gasteiger partial charge in [-0.05, 0) is 18.2 Å². The van der Waals surface area contributed by atoms with Crippen molar-refractivity contribution < 1.29 is 19.4 Å². The number of carbonyl (C=O) groups excluding carboxylic acids is 1. The number of halogens is 1. The normalized spacial score (nSPS) is 9.62. The van der Waals surface area contributed by atoms with Gasteiger partial charge in [-0.25, -0.2) is 0 Å². The molecule has 0 atom stereocenters. The number of hydrogen-bond donors (Lipinski definition) is 2. The molecular formula is C10H10ClNO4. The molecule has 86 valence electrons. The molecule has 0 heterocycles. The highest BCUT2D eigenvalue weighted by Gasteiger charge is 2.13. The molecule has 0 fully saturated rings. The molecule has 0 aliphatic rings. The van der Waals surface area contributed by atoms with Crippen LogP contribution < -0.4 is 10.1 Å². The number of rotatable bonds is 4. The smallest absolute Gasteiger partial charge is 0.322 e. The molecule has 5 nitrogen and oxygen atoms in total. The molecule has 16 heavy (non-hydrogen) atoms. The van der Waals surface area contributed by atoms with Gasteiger partial charge in [-0.3, -0.25) is 9.59 Å². The largest absolute Gasteiger partial charge is 0.496 e. The van der Waals surface area contributed by atoms with Crippen molar-refractivity contribution in [1.82, 2.24) is 5.32 Å². The van der Waals surface area contributed by atoms with Crippen molar-refractivity contribution in [3.63, 3.8) is 0 Å². The van der Waals surface area contributed by atoms with Crippen molar-refractivity contribution in [3.05, 3.63) is 28.8 Å². The molecule has 6 heteroatoms. The number of carboxylic acids is 1. The summed E-state index contributed by atoms with van der Waals surface area (Å²) in [6.45, 7) is -0.440. The molecule has 1 amide bonds. The average Bonchev–Trinajstić information content (AvgIpc) is 2.25. The molecule has 1 aromatic rings. The van der Waals surface area contributed by atoms with E-state index in [1.165, 1.54) is 25.3 Å². The number of amides is 1. The van der Waals surface area contributed by atoms with Crippen molar-refractivity contribution in [2.45, 2.75) is 0 Å². The topological polar surface area (TPSA) is 75.6 Å². The van der Waals surface area contributed by atoms with E-state index in [1.54, 1.807) is 0 Å². The van der Waals surface area contributed by atoms with E-state index < -0.39 is 18.4 Å². The molecular weight excluding hydrogens is 234 g/mol. The Kier molecular flexibility index (Phi) is 4.13.